The number of aromatic nitrogens is 1. The minimum Gasteiger partial charge on any atom is -0.480 e. The number of carboxylic acid groups (broad SMARTS) is 1. The molecule has 3 N–H and O–H groups in total. The Kier molecular flexibility index (Phi) is 6.49. The van der Waals surface area contributed by atoms with E-state index in [4.69, 9.17) is 5.11 Å². The summed E-state index contributed by atoms with van der Waals surface area (Å²) in [6, 6.07) is 3.80. The Morgan fingerprint density at radius 2 is 2.10 bits per heavy atom. The third kappa shape index (κ3) is 5.26. The predicted octanol–water partition coefficient (Wildman–Crippen LogP) is 2.09. The number of nitrogens with one attached hydrogen (secondary N) is 2. The summed E-state index contributed by atoms with van der Waals surface area (Å²) >= 11 is 0. The van der Waals surface area contributed by atoms with Crippen LogP contribution in [0.5, 0.6) is 0 Å². The van der Waals surface area contributed by atoms with Crippen LogP contribution in [0.15, 0.2) is 24.4 Å². The number of hydrogen-bond donors (Lipinski definition) is 3. The van der Waals surface area contributed by atoms with E-state index in [-0.39, 0.29) is 6.04 Å². The number of carbonyl (C=O) groups excluding carboxylic acids is 1. The molecule has 2 atom stereocenters. The van der Waals surface area contributed by atoms with Crippen molar-refractivity contribution in [3.63, 3.8) is 0 Å². The number of urea groups is 1. The van der Waals surface area contributed by atoms with Crippen molar-refractivity contribution in [2.24, 2.45) is 0 Å². The van der Waals surface area contributed by atoms with E-state index < -0.39 is 18.0 Å². The lowest BCUT2D eigenvalue weighted by atomic mass is 10.1. The zero-order chi connectivity index (χ0) is 15.0. The number of hydrogen-bond acceptors (Lipinski definition) is 3. The van der Waals surface area contributed by atoms with Crippen LogP contribution in [-0.4, -0.2) is 28.1 Å². The van der Waals surface area contributed by atoms with Gasteiger partial charge in [0.25, 0.3) is 0 Å². The lowest BCUT2D eigenvalue weighted by molar-refractivity contribution is -0.139. The molecule has 0 aliphatic heterocycles. The van der Waals surface area contributed by atoms with E-state index in [0.29, 0.717) is 6.42 Å². The zero-order valence-corrected chi connectivity index (χ0v) is 11.8. The summed E-state index contributed by atoms with van der Waals surface area (Å²) in [4.78, 5) is 27.0. The molecule has 0 saturated carbocycles. The van der Waals surface area contributed by atoms with Crippen molar-refractivity contribution in [3.05, 3.63) is 30.1 Å². The number of rotatable bonds is 7. The summed E-state index contributed by atoms with van der Waals surface area (Å²) in [6.45, 7) is 3.77. The van der Waals surface area contributed by atoms with Crippen molar-refractivity contribution in [3.8, 4) is 0 Å². The summed E-state index contributed by atoms with van der Waals surface area (Å²) in [5, 5.41) is 14.2. The third-order valence-electron chi connectivity index (χ3n) is 2.93. The molecular weight excluding hydrogens is 258 g/mol. The Balaban J connectivity index is 2.51. The molecule has 1 unspecified atom stereocenters. The van der Waals surface area contributed by atoms with Gasteiger partial charge in [-0.3, -0.25) is 4.98 Å². The number of nitrogens with zero attached hydrogens (tertiary/aromatic N) is 1. The van der Waals surface area contributed by atoms with Gasteiger partial charge in [0.1, 0.15) is 6.04 Å². The van der Waals surface area contributed by atoms with Gasteiger partial charge in [0.05, 0.1) is 11.7 Å². The SMILES string of the molecule is CCCC[C@H](NC(=O)NC(C)c1ccccn1)C(=O)O. The first-order valence-corrected chi connectivity index (χ1v) is 6.75. The average Bonchev–Trinajstić information content (AvgIpc) is 2.44. The number of aliphatic carboxylic acids is 1. The van der Waals surface area contributed by atoms with Crippen LogP contribution in [-0.2, 0) is 4.79 Å². The van der Waals surface area contributed by atoms with Gasteiger partial charge in [-0.2, -0.15) is 0 Å². The molecule has 0 aromatic carbocycles. The van der Waals surface area contributed by atoms with Gasteiger partial charge in [-0.25, -0.2) is 9.59 Å². The second kappa shape index (κ2) is 8.14. The maximum absolute atomic E-state index is 11.8. The molecule has 0 bridgehead atoms. The van der Waals surface area contributed by atoms with Crippen LogP contribution in [0.2, 0.25) is 0 Å². The van der Waals surface area contributed by atoms with Crippen molar-refractivity contribution < 1.29 is 14.7 Å². The largest absolute Gasteiger partial charge is 0.480 e. The van der Waals surface area contributed by atoms with Gasteiger partial charge >= 0.3 is 12.0 Å². The maximum atomic E-state index is 11.8. The maximum Gasteiger partial charge on any atom is 0.326 e. The molecule has 0 aliphatic rings. The number of carboxylic acids is 1. The van der Waals surface area contributed by atoms with Gasteiger partial charge in [-0.15, -0.1) is 0 Å². The third-order valence-corrected chi connectivity index (χ3v) is 2.93. The Morgan fingerprint density at radius 3 is 2.65 bits per heavy atom. The fourth-order valence-electron chi connectivity index (χ4n) is 1.77. The number of pyridine rings is 1. The van der Waals surface area contributed by atoms with Crippen molar-refractivity contribution in [1.29, 1.82) is 0 Å². The number of carbonyl (C=O) groups is 2. The second-order valence-corrected chi connectivity index (χ2v) is 4.63. The molecule has 6 nitrogen and oxygen atoms in total. The fourth-order valence-corrected chi connectivity index (χ4v) is 1.77. The van der Waals surface area contributed by atoms with E-state index in [1.165, 1.54) is 0 Å². The first-order chi connectivity index (χ1) is 9.54. The molecule has 6 heteroatoms. The molecule has 1 rings (SSSR count). The molecule has 0 radical (unpaired) electrons. The van der Waals surface area contributed by atoms with Crippen molar-refractivity contribution in [2.75, 3.05) is 0 Å². The van der Waals surface area contributed by atoms with E-state index in [1.54, 1.807) is 25.3 Å². The van der Waals surface area contributed by atoms with Gasteiger partial charge in [-0.1, -0.05) is 25.8 Å². The molecule has 0 spiro atoms. The summed E-state index contributed by atoms with van der Waals surface area (Å²) in [7, 11) is 0. The van der Waals surface area contributed by atoms with Gasteiger partial charge in [0, 0.05) is 6.20 Å². The first-order valence-electron chi connectivity index (χ1n) is 6.75. The van der Waals surface area contributed by atoms with Crippen LogP contribution in [0.3, 0.4) is 0 Å². The van der Waals surface area contributed by atoms with E-state index in [1.807, 2.05) is 13.0 Å². The standard InChI is InChI=1S/C14H21N3O3/c1-3-4-7-12(13(18)19)17-14(20)16-10(2)11-8-5-6-9-15-11/h5-6,8-10,12H,3-4,7H2,1-2H3,(H,18,19)(H2,16,17,20)/t10?,12-/m0/s1. The molecular formula is C14H21N3O3. The number of unbranched alkanes of at least 4 members (excludes halogenated alkanes) is 1. The van der Waals surface area contributed by atoms with Gasteiger partial charge < -0.3 is 15.7 Å². The quantitative estimate of drug-likeness (QED) is 0.712. The molecule has 1 heterocycles. The molecule has 2 amide bonds. The Bertz CT molecular complexity index is 437. The van der Waals surface area contributed by atoms with Crippen LogP contribution in [0.4, 0.5) is 4.79 Å². The van der Waals surface area contributed by atoms with Crippen LogP contribution in [0.25, 0.3) is 0 Å². The normalized spacial score (nSPS) is 13.3. The summed E-state index contributed by atoms with van der Waals surface area (Å²) < 4.78 is 0. The topological polar surface area (TPSA) is 91.3 Å². The van der Waals surface area contributed by atoms with Crippen LogP contribution in [0, 0.1) is 0 Å². The van der Waals surface area contributed by atoms with E-state index in [0.717, 1.165) is 18.5 Å². The Labute approximate surface area is 118 Å². The molecule has 0 fully saturated rings. The van der Waals surface area contributed by atoms with E-state index >= 15 is 0 Å². The summed E-state index contributed by atoms with van der Waals surface area (Å²) in [5.41, 5.74) is 0.725. The molecule has 110 valence electrons. The highest BCUT2D eigenvalue weighted by Crippen LogP contribution is 2.07. The Morgan fingerprint density at radius 1 is 1.35 bits per heavy atom. The molecule has 20 heavy (non-hydrogen) atoms. The van der Waals surface area contributed by atoms with Crippen LogP contribution < -0.4 is 10.6 Å². The minimum atomic E-state index is -1.01. The van der Waals surface area contributed by atoms with Crippen LogP contribution in [0.1, 0.15) is 44.8 Å². The zero-order valence-electron chi connectivity index (χ0n) is 11.8. The first kappa shape index (κ1) is 15.9. The molecule has 0 saturated heterocycles. The molecule has 1 aromatic heterocycles. The number of amides is 2. The Hall–Kier alpha value is -2.11. The average molecular weight is 279 g/mol. The van der Waals surface area contributed by atoms with Crippen molar-refractivity contribution in [1.82, 2.24) is 15.6 Å². The van der Waals surface area contributed by atoms with Gasteiger partial charge in [0.2, 0.25) is 0 Å². The smallest absolute Gasteiger partial charge is 0.326 e. The monoisotopic (exact) mass is 279 g/mol. The van der Waals surface area contributed by atoms with Crippen molar-refractivity contribution in [2.45, 2.75) is 45.2 Å². The van der Waals surface area contributed by atoms with Gasteiger partial charge in [0.15, 0.2) is 0 Å². The van der Waals surface area contributed by atoms with Crippen molar-refractivity contribution >= 4 is 12.0 Å². The highest BCUT2D eigenvalue weighted by Gasteiger charge is 2.20. The van der Waals surface area contributed by atoms with E-state index in [2.05, 4.69) is 15.6 Å². The lowest BCUT2D eigenvalue weighted by Crippen LogP contribution is -2.46. The minimum absolute atomic E-state index is 0.281. The highest BCUT2D eigenvalue weighted by molar-refractivity contribution is 5.82. The van der Waals surface area contributed by atoms with Gasteiger partial charge in [-0.05, 0) is 25.5 Å². The molecule has 0 aliphatic carbocycles. The highest BCUT2D eigenvalue weighted by atomic mass is 16.4. The van der Waals surface area contributed by atoms with Crippen LogP contribution >= 0.6 is 0 Å². The molecule has 1 aromatic rings. The predicted molar refractivity (Wildman–Crippen MR) is 75.3 cm³/mol. The second-order valence-electron chi connectivity index (χ2n) is 4.63. The lowest BCUT2D eigenvalue weighted by Gasteiger charge is -2.18. The van der Waals surface area contributed by atoms with E-state index in [9.17, 15) is 9.59 Å². The summed E-state index contributed by atoms with van der Waals surface area (Å²) in [5.74, 6) is -1.01. The summed E-state index contributed by atoms with van der Waals surface area (Å²) in [6.07, 6.45) is 3.72. The fraction of sp³-hybridized carbons (Fsp3) is 0.500.